The first-order valence-electron chi connectivity index (χ1n) is 5.94. The summed E-state index contributed by atoms with van der Waals surface area (Å²) in [5.41, 5.74) is 0.598. The lowest BCUT2D eigenvalue weighted by atomic mass is 10.2. The van der Waals surface area contributed by atoms with Crippen molar-refractivity contribution in [3.63, 3.8) is 0 Å². The summed E-state index contributed by atoms with van der Waals surface area (Å²) in [6, 6.07) is 4.30. The minimum atomic E-state index is -0.481. The predicted octanol–water partition coefficient (Wildman–Crippen LogP) is 2.89. The molecule has 19 heavy (non-hydrogen) atoms. The van der Waals surface area contributed by atoms with E-state index in [-0.39, 0.29) is 11.5 Å². The molecule has 0 unspecified atom stereocenters. The molecule has 0 saturated heterocycles. The predicted molar refractivity (Wildman–Crippen MR) is 71.4 cm³/mol. The highest BCUT2D eigenvalue weighted by atomic mass is 16.5. The summed E-state index contributed by atoms with van der Waals surface area (Å²) in [4.78, 5) is 11.5. The molecule has 1 aliphatic carbocycles. The van der Waals surface area contributed by atoms with Gasteiger partial charge in [0.05, 0.1) is 0 Å². The Labute approximate surface area is 111 Å². The number of rotatable bonds is 3. The fraction of sp³-hybridized carbons (Fsp3) is 0.133. The van der Waals surface area contributed by atoms with Gasteiger partial charge in [-0.25, -0.2) is 4.79 Å². The molecule has 0 aliphatic heterocycles. The Bertz CT molecular complexity index is 568. The maximum atomic E-state index is 11.5. The Morgan fingerprint density at radius 3 is 2.74 bits per heavy atom. The number of ether oxygens (including phenoxy) is 1. The van der Waals surface area contributed by atoms with Crippen LogP contribution in [0.3, 0.4) is 0 Å². The summed E-state index contributed by atoms with van der Waals surface area (Å²) < 4.78 is 5.10. The van der Waals surface area contributed by atoms with E-state index < -0.39 is 5.97 Å². The lowest BCUT2D eigenvalue weighted by Crippen LogP contribution is -2.00. The van der Waals surface area contributed by atoms with Crippen LogP contribution in [0.1, 0.15) is 18.4 Å². The molecule has 0 amide bonds. The van der Waals surface area contributed by atoms with E-state index in [4.69, 9.17) is 9.84 Å². The minimum absolute atomic E-state index is 0.197. The number of carbonyl (C=O) groups is 1. The summed E-state index contributed by atoms with van der Waals surface area (Å²) in [5, 5.41) is 18.5. The minimum Gasteiger partial charge on any atom is -0.504 e. The molecule has 0 atom stereocenters. The number of hydrogen-bond acceptors (Lipinski definition) is 4. The second-order valence-corrected chi connectivity index (χ2v) is 4.09. The van der Waals surface area contributed by atoms with Crippen LogP contribution < -0.4 is 0 Å². The summed E-state index contributed by atoms with van der Waals surface area (Å²) in [5.74, 6) is -0.356. The van der Waals surface area contributed by atoms with Crippen LogP contribution >= 0.6 is 0 Å². The normalized spacial score (nSPS) is 14.4. The van der Waals surface area contributed by atoms with Gasteiger partial charge in [0, 0.05) is 6.08 Å². The van der Waals surface area contributed by atoms with Gasteiger partial charge < -0.3 is 14.9 Å². The Morgan fingerprint density at radius 1 is 1.21 bits per heavy atom. The van der Waals surface area contributed by atoms with Gasteiger partial charge in [-0.15, -0.1) is 0 Å². The number of allylic oxidation sites excluding steroid dienone is 3. The molecule has 4 nitrogen and oxygen atoms in total. The number of esters is 1. The average Bonchev–Trinajstić information content (AvgIpc) is 2.41. The van der Waals surface area contributed by atoms with Crippen molar-refractivity contribution in [2.45, 2.75) is 12.8 Å². The zero-order valence-corrected chi connectivity index (χ0v) is 10.2. The van der Waals surface area contributed by atoms with Crippen molar-refractivity contribution in [1.29, 1.82) is 0 Å². The van der Waals surface area contributed by atoms with Gasteiger partial charge in [0.25, 0.3) is 0 Å². The molecule has 0 bridgehead atoms. The number of benzene rings is 1. The molecule has 1 aromatic carbocycles. The quantitative estimate of drug-likeness (QED) is 0.497. The molecule has 0 aromatic heterocycles. The van der Waals surface area contributed by atoms with E-state index in [1.165, 1.54) is 24.3 Å². The summed E-state index contributed by atoms with van der Waals surface area (Å²) in [6.45, 7) is 0. The largest absolute Gasteiger partial charge is 0.504 e. The SMILES string of the molecule is O=C(/C=C/c1ccc(O)c(O)c1)OC1=CCCC=C1. The van der Waals surface area contributed by atoms with Crippen LogP contribution in [0.4, 0.5) is 0 Å². The van der Waals surface area contributed by atoms with Crippen molar-refractivity contribution in [3.05, 3.63) is 53.8 Å². The average molecular weight is 258 g/mol. The van der Waals surface area contributed by atoms with E-state index in [0.717, 1.165) is 12.8 Å². The highest BCUT2D eigenvalue weighted by Crippen LogP contribution is 2.25. The first-order chi connectivity index (χ1) is 9.15. The van der Waals surface area contributed by atoms with Crippen LogP contribution in [-0.4, -0.2) is 16.2 Å². The Morgan fingerprint density at radius 2 is 2.05 bits per heavy atom. The highest BCUT2D eigenvalue weighted by Gasteiger charge is 2.03. The third-order valence-corrected chi connectivity index (χ3v) is 2.59. The van der Waals surface area contributed by atoms with Gasteiger partial charge >= 0.3 is 5.97 Å². The van der Waals surface area contributed by atoms with Crippen molar-refractivity contribution in [2.75, 3.05) is 0 Å². The molecule has 0 radical (unpaired) electrons. The van der Waals surface area contributed by atoms with Gasteiger partial charge in [-0.05, 0) is 48.8 Å². The molecule has 2 N–H and O–H groups in total. The molecule has 0 fully saturated rings. The molecule has 2 rings (SSSR count). The summed E-state index contributed by atoms with van der Waals surface area (Å²) >= 11 is 0. The monoisotopic (exact) mass is 258 g/mol. The van der Waals surface area contributed by atoms with Crippen LogP contribution in [0.2, 0.25) is 0 Å². The fourth-order valence-corrected chi connectivity index (χ4v) is 1.62. The van der Waals surface area contributed by atoms with Crippen LogP contribution in [0, 0.1) is 0 Å². The van der Waals surface area contributed by atoms with Gasteiger partial charge in [0.2, 0.25) is 0 Å². The number of phenolic OH excluding ortho intramolecular Hbond substituents is 2. The molecule has 98 valence electrons. The summed E-state index contributed by atoms with van der Waals surface area (Å²) in [6.07, 6.45) is 10.2. The van der Waals surface area contributed by atoms with E-state index in [1.807, 2.05) is 12.2 Å². The van der Waals surface area contributed by atoms with Crippen molar-refractivity contribution in [2.24, 2.45) is 0 Å². The Hall–Kier alpha value is -2.49. The smallest absolute Gasteiger partial charge is 0.336 e. The van der Waals surface area contributed by atoms with Crippen LogP contribution in [-0.2, 0) is 9.53 Å². The van der Waals surface area contributed by atoms with Gasteiger partial charge in [-0.3, -0.25) is 0 Å². The van der Waals surface area contributed by atoms with Crippen molar-refractivity contribution >= 4 is 12.0 Å². The lowest BCUT2D eigenvalue weighted by molar-refractivity contribution is -0.133. The number of aromatic hydroxyl groups is 2. The van der Waals surface area contributed by atoms with Crippen molar-refractivity contribution in [1.82, 2.24) is 0 Å². The van der Waals surface area contributed by atoms with Gasteiger partial charge in [-0.1, -0.05) is 12.1 Å². The van der Waals surface area contributed by atoms with Gasteiger partial charge in [0.15, 0.2) is 11.5 Å². The zero-order chi connectivity index (χ0) is 13.7. The maximum Gasteiger partial charge on any atom is 0.336 e. The van der Waals surface area contributed by atoms with E-state index in [0.29, 0.717) is 11.3 Å². The van der Waals surface area contributed by atoms with Crippen molar-refractivity contribution in [3.8, 4) is 11.5 Å². The molecule has 4 heteroatoms. The van der Waals surface area contributed by atoms with E-state index >= 15 is 0 Å². The second kappa shape index (κ2) is 5.91. The van der Waals surface area contributed by atoms with E-state index in [2.05, 4.69) is 0 Å². The molecular weight excluding hydrogens is 244 g/mol. The molecule has 1 aliphatic rings. The third-order valence-electron chi connectivity index (χ3n) is 2.59. The number of carbonyl (C=O) groups excluding carboxylic acids is 1. The molecule has 0 heterocycles. The molecular formula is C15H14O4. The highest BCUT2D eigenvalue weighted by molar-refractivity contribution is 5.88. The Kier molecular flexibility index (Phi) is 4.03. The number of phenols is 2. The Balaban J connectivity index is 1.97. The molecule has 0 saturated carbocycles. The molecule has 1 aromatic rings. The maximum absolute atomic E-state index is 11.5. The fourth-order valence-electron chi connectivity index (χ4n) is 1.62. The first-order valence-corrected chi connectivity index (χ1v) is 5.94. The van der Waals surface area contributed by atoms with Crippen LogP contribution in [0.15, 0.2) is 48.3 Å². The summed E-state index contributed by atoms with van der Waals surface area (Å²) in [7, 11) is 0. The van der Waals surface area contributed by atoms with E-state index in [1.54, 1.807) is 12.1 Å². The van der Waals surface area contributed by atoms with Crippen molar-refractivity contribution < 1.29 is 19.7 Å². The lowest BCUT2D eigenvalue weighted by Gasteiger charge is -2.05. The van der Waals surface area contributed by atoms with E-state index in [9.17, 15) is 9.90 Å². The van der Waals surface area contributed by atoms with Gasteiger partial charge in [-0.2, -0.15) is 0 Å². The third kappa shape index (κ3) is 3.74. The molecule has 0 spiro atoms. The first kappa shape index (κ1) is 13.0. The number of hydrogen-bond donors (Lipinski definition) is 2. The second-order valence-electron chi connectivity index (χ2n) is 4.09. The van der Waals surface area contributed by atoms with Crippen LogP contribution in [0.25, 0.3) is 6.08 Å². The topological polar surface area (TPSA) is 66.8 Å². The van der Waals surface area contributed by atoms with Crippen LogP contribution in [0.5, 0.6) is 11.5 Å². The zero-order valence-electron chi connectivity index (χ0n) is 10.2. The standard InChI is InChI=1S/C15H14O4/c16-13-8-6-11(10-14(13)17)7-9-15(18)19-12-4-2-1-3-5-12/h2,4-10,16-17H,1,3H2/b9-7+. The van der Waals surface area contributed by atoms with Gasteiger partial charge in [0.1, 0.15) is 5.76 Å².